The summed E-state index contributed by atoms with van der Waals surface area (Å²) in [5.74, 6) is 0.362. The molecule has 0 aliphatic rings. The van der Waals surface area contributed by atoms with Crippen LogP contribution in [0.2, 0.25) is 0 Å². The highest BCUT2D eigenvalue weighted by Crippen LogP contribution is 2.21. The van der Waals surface area contributed by atoms with Gasteiger partial charge in [-0.25, -0.2) is 9.59 Å². The number of hydrogen-bond acceptors (Lipinski definition) is 7. The van der Waals surface area contributed by atoms with Gasteiger partial charge in [0.1, 0.15) is 42.6 Å². The predicted octanol–water partition coefficient (Wildman–Crippen LogP) is 4.17. The van der Waals surface area contributed by atoms with E-state index in [0.717, 1.165) is 0 Å². The molecule has 0 bridgehead atoms. The monoisotopic (exact) mass is 436 g/mol. The van der Waals surface area contributed by atoms with Gasteiger partial charge in [0.05, 0.1) is 12.2 Å². The molecule has 32 heavy (non-hydrogen) atoms. The molecular weight excluding hydrogens is 412 g/mol. The lowest BCUT2D eigenvalue weighted by Crippen LogP contribution is -2.13. The lowest BCUT2D eigenvalue weighted by Gasteiger charge is -2.11. The van der Waals surface area contributed by atoms with Crippen LogP contribution in [0.25, 0.3) is 0 Å². The lowest BCUT2D eigenvalue weighted by molar-refractivity contribution is 0.0450. The number of benzene rings is 3. The third-order valence-corrected chi connectivity index (χ3v) is 4.28. The van der Waals surface area contributed by atoms with E-state index in [4.69, 9.17) is 23.7 Å². The van der Waals surface area contributed by atoms with Gasteiger partial charge in [-0.2, -0.15) is 0 Å². The molecule has 0 radical (unpaired) electrons. The second kappa shape index (κ2) is 12.1. The highest BCUT2D eigenvalue weighted by molar-refractivity contribution is 5.94. The molecule has 0 aliphatic heterocycles. The molecule has 0 spiro atoms. The van der Waals surface area contributed by atoms with Crippen molar-refractivity contribution < 1.29 is 33.3 Å². The van der Waals surface area contributed by atoms with Crippen LogP contribution in [0.5, 0.6) is 17.2 Å². The van der Waals surface area contributed by atoms with Crippen molar-refractivity contribution in [2.75, 3.05) is 33.5 Å². The van der Waals surface area contributed by atoms with Gasteiger partial charge in [-0.1, -0.05) is 30.3 Å². The van der Waals surface area contributed by atoms with Crippen LogP contribution in [-0.4, -0.2) is 45.5 Å². The van der Waals surface area contributed by atoms with Crippen LogP contribution in [0.4, 0.5) is 0 Å². The van der Waals surface area contributed by atoms with Crippen molar-refractivity contribution in [1.29, 1.82) is 0 Å². The van der Waals surface area contributed by atoms with E-state index < -0.39 is 11.9 Å². The predicted molar refractivity (Wildman–Crippen MR) is 117 cm³/mol. The fourth-order valence-corrected chi connectivity index (χ4v) is 2.71. The first-order valence-corrected chi connectivity index (χ1v) is 10.1. The van der Waals surface area contributed by atoms with Crippen LogP contribution in [0.3, 0.4) is 0 Å². The highest BCUT2D eigenvalue weighted by atomic mass is 16.6. The minimum Gasteiger partial charge on any atom is -0.490 e. The minimum atomic E-state index is -0.564. The molecular formula is C25H24O7. The summed E-state index contributed by atoms with van der Waals surface area (Å²) in [5.41, 5.74) is 0.637. The molecule has 0 unspecified atom stereocenters. The number of rotatable bonds is 11. The van der Waals surface area contributed by atoms with Crippen LogP contribution in [0, 0.1) is 0 Å². The normalized spacial score (nSPS) is 10.3. The van der Waals surface area contributed by atoms with E-state index in [-0.39, 0.29) is 13.2 Å². The molecule has 0 saturated heterocycles. The van der Waals surface area contributed by atoms with E-state index in [1.807, 2.05) is 30.3 Å². The SMILES string of the molecule is COCCOc1ccccc1C(=O)Oc1ccc(C(=O)OCCOc2ccccc2)cc1. The Kier molecular flexibility index (Phi) is 8.65. The van der Waals surface area contributed by atoms with E-state index in [2.05, 4.69) is 0 Å². The molecule has 3 rings (SSSR count). The minimum absolute atomic E-state index is 0.115. The Labute approximate surface area is 186 Å². The van der Waals surface area contributed by atoms with Crippen LogP contribution in [-0.2, 0) is 9.47 Å². The summed E-state index contributed by atoms with van der Waals surface area (Å²) >= 11 is 0. The molecule has 0 atom stereocenters. The topological polar surface area (TPSA) is 80.3 Å². The maximum atomic E-state index is 12.5. The third kappa shape index (κ3) is 6.85. The largest absolute Gasteiger partial charge is 0.490 e. The van der Waals surface area contributed by atoms with Crippen molar-refractivity contribution >= 4 is 11.9 Å². The van der Waals surface area contributed by atoms with E-state index in [9.17, 15) is 9.59 Å². The first-order chi connectivity index (χ1) is 15.7. The van der Waals surface area contributed by atoms with E-state index in [1.165, 1.54) is 24.3 Å². The van der Waals surface area contributed by atoms with E-state index in [0.29, 0.717) is 41.6 Å². The summed E-state index contributed by atoms with van der Waals surface area (Å²) in [5, 5.41) is 0. The molecule has 0 aliphatic carbocycles. The molecule has 7 heteroatoms. The second-order valence-corrected chi connectivity index (χ2v) is 6.55. The summed E-state index contributed by atoms with van der Waals surface area (Å²) in [4.78, 5) is 24.7. The molecule has 3 aromatic carbocycles. The van der Waals surface area contributed by atoms with Gasteiger partial charge < -0.3 is 23.7 Å². The van der Waals surface area contributed by atoms with Gasteiger partial charge in [-0.3, -0.25) is 0 Å². The standard InChI is InChI=1S/C25H24O7/c1-28-15-16-30-23-10-6-5-9-22(23)25(27)32-21-13-11-19(12-14-21)24(26)31-18-17-29-20-7-3-2-4-8-20/h2-14H,15-18H2,1H3. The first kappa shape index (κ1) is 22.8. The number of carbonyl (C=O) groups is 2. The zero-order valence-corrected chi connectivity index (χ0v) is 17.7. The highest BCUT2D eigenvalue weighted by Gasteiger charge is 2.15. The number of esters is 2. The quantitative estimate of drug-likeness (QED) is 0.254. The molecule has 0 amide bonds. The molecule has 0 N–H and O–H groups in total. The van der Waals surface area contributed by atoms with Crippen molar-refractivity contribution in [1.82, 2.24) is 0 Å². The van der Waals surface area contributed by atoms with Crippen molar-refractivity contribution in [3.8, 4) is 17.2 Å². The number of para-hydroxylation sites is 2. The maximum absolute atomic E-state index is 12.5. The number of methoxy groups -OCH3 is 1. The van der Waals surface area contributed by atoms with Gasteiger partial charge in [0, 0.05) is 7.11 Å². The Morgan fingerprint density at radius 2 is 1.34 bits per heavy atom. The van der Waals surface area contributed by atoms with Crippen LogP contribution >= 0.6 is 0 Å². The number of ether oxygens (including phenoxy) is 5. The van der Waals surface area contributed by atoms with Crippen molar-refractivity contribution in [3.05, 3.63) is 90.0 Å². The Hall–Kier alpha value is -3.84. The zero-order chi connectivity index (χ0) is 22.6. The summed E-state index contributed by atoms with van der Waals surface area (Å²) in [7, 11) is 1.57. The second-order valence-electron chi connectivity index (χ2n) is 6.55. The first-order valence-electron chi connectivity index (χ1n) is 10.1. The third-order valence-electron chi connectivity index (χ3n) is 4.28. The Morgan fingerprint density at radius 1 is 0.656 bits per heavy atom. The van der Waals surface area contributed by atoms with Gasteiger partial charge in [0.25, 0.3) is 0 Å². The van der Waals surface area contributed by atoms with Gasteiger partial charge in [0.15, 0.2) is 0 Å². The van der Waals surface area contributed by atoms with Crippen molar-refractivity contribution in [2.24, 2.45) is 0 Å². The summed E-state index contributed by atoms with van der Waals surface area (Å²) in [6.07, 6.45) is 0. The molecule has 7 nitrogen and oxygen atoms in total. The summed E-state index contributed by atoms with van der Waals surface area (Å²) < 4.78 is 26.6. The number of hydrogen-bond donors (Lipinski definition) is 0. The lowest BCUT2D eigenvalue weighted by atomic mass is 10.2. The average molecular weight is 436 g/mol. The van der Waals surface area contributed by atoms with E-state index in [1.54, 1.807) is 31.4 Å². The smallest absolute Gasteiger partial charge is 0.347 e. The average Bonchev–Trinajstić information content (AvgIpc) is 2.83. The molecule has 0 fully saturated rings. The van der Waals surface area contributed by atoms with Crippen LogP contribution in [0.1, 0.15) is 20.7 Å². The number of carbonyl (C=O) groups excluding carboxylic acids is 2. The van der Waals surface area contributed by atoms with Gasteiger partial charge in [0.2, 0.25) is 0 Å². The Morgan fingerprint density at radius 3 is 2.09 bits per heavy atom. The maximum Gasteiger partial charge on any atom is 0.347 e. The van der Waals surface area contributed by atoms with Crippen molar-refractivity contribution in [2.45, 2.75) is 0 Å². The van der Waals surface area contributed by atoms with Crippen LogP contribution in [0.15, 0.2) is 78.9 Å². The van der Waals surface area contributed by atoms with E-state index >= 15 is 0 Å². The van der Waals surface area contributed by atoms with Crippen LogP contribution < -0.4 is 14.2 Å². The Bertz CT molecular complexity index is 1000. The van der Waals surface area contributed by atoms with Gasteiger partial charge in [-0.15, -0.1) is 0 Å². The molecule has 0 heterocycles. The molecule has 3 aromatic rings. The molecule has 166 valence electrons. The Balaban J connectivity index is 1.50. The zero-order valence-electron chi connectivity index (χ0n) is 17.7. The summed E-state index contributed by atoms with van der Waals surface area (Å²) in [6.45, 7) is 1.08. The fourth-order valence-electron chi connectivity index (χ4n) is 2.71. The molecule has 0 saturated carbocycles. The molecule has 0 aromatic heterocycles. The van der Waals surface area contributed by atoms with Gasteiger partial charge >= 0.3 is 11.9 Å². The fraction of sp³-hybridized carbons (Fsp3) is 0.200. The summed E-state index contributed by atoms with van der Waals surface area (Å²) in [6, 6.07) is 22.2. The van der Waals surface area contributed by atoms with Crippen molar-refractivity contribution in [3.63, 3.8) is 0 Å². The van der Waals surface area contributed by atoms with Gasteiger partial charge in [-0.05, 0) is 48.5 Å².